The Bertz CT molecular complexity index is 439. The summed E-state index contributed by atoms with van der Waals surface area (Å²) < 4.78 is 5.09. The summed E-state index contributed by atoms with van der Waals surface area (Å²) in [7, 11) is 1.75. The van der Waals surface area contributed by atoms with Crippen LogP contribution >= 0.6 is 0 Å². The zero-order valence-electron chi connectivity index (χ0n) is 13.1. The van der Waals surface area contributed by atoms with E-state index in [1.165, 1.54) is 37.2 Å². The number of methoxy groups -OCH3 is 1. The molecule has 0 bridgehead atoms. The standard InChI is InChI=1S/C17H27N3O/c1-21-13-8-18-14-15-4-2-3-5-17(15)20-11-9-19(10-12-20)16-6-7-16/h2-5,16,18H,6-14H2,1H3. The molecule has 21 heavy (non-hydrogen) atoms. The number of piperazine rings is 1. The van der Waals surface area contributed by atoms with Crippen molar-refractivity contribution < 1.29 is 4.74 Å². The van der Waals surface area contributed by atoms with Crippen LogP contribution in [0.3, 0.4) is 0 Å². The van der Waals surface area contributed by atoms with Gasteiger partial charge in [0.1, 0.15) is 0 Å². The molecule has 1 saturated heterocycles. The van der Waals surface area contributed by atoms with Crippen LogP contribution in [-0.4, -0.2) is 57.4 Å². The molecule has 1 aromatic carbocycles. The van der Waals surface area contributed by atoms with Crippen molar-refractivity contribution in [3.63, 3.8) is 0 Å². The number of nitrogens with one attached hydrogen (secondary N) is 1. The van der Waals surface area contributed by atoms with Gasteiger partial charge in [-0.3, -0.25) is 4.90 Å². The summed E-state index contributed by atoms with van der Waals surface area (Å²) in [6.07, 6.45) is 2.83. The lowest BCUT2D eigenvalue weighted by Gasteiger charge is -2.37. The van der Waals surface area contributed by atoms with Crippen LogP contribution in [0.25, 0.3) is 0 Å². The zero-order chi connectivity index (χ0) is 14.5. The SMILES string of the molecule is COCCNCc1ccccc1N1CCN(C2CC2)CC1. The predicted octanol–water partition coefficient (Wildman–Crippen LogP) is 1.71. The molecule has 0 unspecified atom stereocenters. The van der Waals surface area contributed by atoms with Crippen molar-refractivity contribution >= 4 is 5.69 Å². The van der Waals surface area contributed by atoms with E-state index >= 15 is 0 Å². The van der Waals surface area contributed by atoms with Gasteiger partial charge in [-0.05, 0) is 24.5 Å². The smallest absolute Gasteiger partial charge is 0.0587 e. The van der Waals surface area contributed by atoms with Gasteiger partial charge < -0.3 is 15.0 Å². The first-order chi connectivity index (χ1) is 10.4. The average molecular weight is 289 g/mol. The first-order valence-electron chi connectivity index (χ1n) is 8.15. The number of hydrogen-bond donors (Lipinski definition) is 1. The molecule has 1 heterocycles. The lowest BCUT2D eigenvalue weighted by Crippen LogP contribution is -2.47. The highest BCUT2D eigenvalue weighted by Crippen LogP contribution is 2.29. The molecule has 1 aromatic rings. The highest BCUT2D eigenvalue weighted by molar-refractivity contribution is 5.54. The monoisotopic (exact) mass is 289 g/mol. The minimum absolute atomic E-state index is 0.766. The summed E-state index contributed by atoms with van der Waals surface area (Å²) >= 11 is 0. The Morgan fingerprint density at radius 3 is 2.62 bits per heavy atom. The highest BCUT2D eigenvalue weighted by atomic mass is 16.5. The van der Waals surface area contributed by atoms with Gasteiger partial charge in [0.05, 0.1) is 6.61 Å². The Balaban J connectivity index is 1.56. The van der Waals surface area contributed by atoms with Crippen LogP contribution in [0, 0.1) is 0 Å². The van der Waals surface area contributed by atoms with Crippen molar-refractivity contribution in [1.82, 2.24) is 10.2 Å². The quantitative estimate of drug-likeness (QED) is 0.773. The van der Waals surface area contributed by atoms with Gasteiger partial charge in [-0.25, -0.2) is 0 Å². The summed E-state index contributed by atoms with van der Waals surface area (Å²) in [6.45, 7) is 7.34. The molecule has 1 N–H and O–H groups in total. The van der Waals surface area contributed by atoms with E-state index in [9.17, 15) is 0 Å². The lowest BCUT2D eigenvalue weighted by atomic mass is 10.1. The van der Waals surface area contributed by atoms with Crippen molar-refractivity contribution in [3.8, 4) is 0 Å². The zero-order valence-corrected chi connectivity index (χ0v) is 13.1. The average Bonchev–Trinajstić information content (AvgIpc) is 3.37. The lowest BCUT2D eigenvalue weighted by molar-refractivity contribution is 0.199. The Morgan fingerprint density at radius 2 is 1.90 bits per heavy atom. The van der Waals surface area contributed by atoms with Crippen molar-refractivity contribution in [2.24, 2.45) is 0 Å². The fraction of sp³-hybridized carbons (Fsp3) is 0.647. The predicted molar refractivity (Wildman–Crippen MR) is 86.8 cm³/mol. The summed E-state index contributed by atoms with van der Waals surface area (Å²) in [4.78, 5) is 5.21. The Kier molecular flexibility index (Phi) is 5.12. The summed E-state index contributed by atoms with van der Waals surface area (Å²) in [6, 6.07) is 9.69. The van der Waals surface area contributed by atoms with Crippen LogP contribution < -0.4 is 10.2 Å². The van der Waals surface area contributed by atoms with E-state index in [-0.39, 0.29) is 0 Å². The molecule has 2 aliphatic rings. The van der Waals surface area contributed by atoms with E-state index in [0.29, 0.717) is 0 Å². The molecule has 0 amide bonds. The van der Waals surface area contributed by atoms with Crippen LogP contribution in [0.2, 0.25) is 0 Å². The van der Waals surface area contributed by atoms with Gasteiger partial charge >= 0.3 is 0 Å². The molecule has 1 aliphatic carbocycles. The number of hydrogen-bond acceptors (Lipinski definition) is 4. The van der Waals surface area contributed by atoms with Crippen molar-refractivity contribution in [2.45, 2.75) is 25.4 Å². The number of ether oxygens (including phenoxy) is 1. The third-order valence-electron chi connectivity index (χ3n) is 4.51. The second-order valence-corrected chi connectivity index (χ2v) is 6.05. The number of rotatable bonds is 7. The third kappa shape index (κ3) is 3.96. The largest absolute Gasteiger partial charge is 0.383 e. The normalized spacial score (nSPS) is 20.0. The molecule has 3 rings (SSSR count). The van der Waals surface area contributed by atoms with Crippen LogP contribution in [0.1, 0.15) is 18.4 Å². The highest BCUT2D eigenvalue weighted by Gasteiger charge is 2.31. The molecule has 116 valence electrons. The van der Waals surface area contributed by atoms with Gasteiger partial charge in [0.25, 0.3) is 0 Å². The van der Waals surface area contributed by atoms with Crippen molar-refractivity contribution in [2.75, 3.05) is 51.3 Å². The van der Waals surface area contributed by atoms with E-state index in [4.69, 9.17) is 4.74 Å². The molecule has 0 aromatic heterocycles. The fourth-order valence-corrected chi connectivity index (χ4v) is 3.13. The van der Waals surface area contributed by atoms with E-state index in [1.807, 2.05) is 0 Å². The van der Waals surface area contributed by atoms with Crippen LogP contribution in [0.15, 0.2) is 24.3 Å². The first-order valence-corrected chi connectivity index (χ1v) is 8.15. The van der Waals surface area contributed by atoms with E-state index in [1.54, 1.807) is 7.11 Å². The third-order valence-corrected chi connectivity index (χ3v) is 4.51. The van der Waals surface area contributed by atoms with Gasteiger partial charge in [0.2, 0.25) is 0 Å². The van der Waals surface area contributed by atoms with Crippen LogP contribution in [-0.2, 0) is 11.3 Å². The second kappa shape index (κ2) is 7.25. The number of benzene rings is 1. The Hall–Kier alpha value is -1.10. The minimum Gasteiger partial charge on any atom is -0.383 e. The second-order valence-electron chi connectivity index (χ2n) is 6.05. The number of nitrogens with zero attached hydrogens (tertiary/aromatic N) is 2. The Morgan fingerprint density at radius 1 is 1.14 bits per heavy atom. The first kappa shape index (κ1) is 14.8. The maximum absolute atomic E-state index is 5.09. The van der Waals surface area contributed by atoms with E-state index in [0.717, 1.165) is 38.8 Å². The maximum atomic E-state index is 5.09. The van der Waals surface area contributed by atoms with Gasteiger partial charge in [-0.15, -0.1) is 0 Å². The van der Waals surface area contributed by atoms with E-state index in [2.05, 4.69) is 39.4 Å². The molecular formula is C17H27N3O. The summed E-state index contributed by atoms with van der Waals surface area (Å²) in [5.41, 5.74) is 2.80. The number of anilines is 1. The molecular weight excluding hydrogens is 262 g/mol. The van der Waals surface area contributed by atoms with E-state index < -0.39 is 0 Å². The van der Waals surface area contributed by atoms with Gasteiger partial charge in [0, 0.05) is 58.1 Å². The Labute approximate surface area is 128 Å². The molecule has 0 spiro atoms. The summed E-state index contributed by atoms with van der Waals surface area (Å²) in [5.74, 6) is 0. The van der Waals surface area contributed by atoms with Crippen molar-refractivity contribution in [3.05, 3.63) is 29.8 Å². The molecule has 0 radical (unpaired) electrons. The molecule has 1 aliphatic heterocycles. The number of para-hydroxylation sites is 1. The van der Waals surface area contributed by atoms with Crippen LogP contribution in [0.4, 0.5) is 5.69 Å². The fourth-order valence-electron chi connectivity index (χ4n) is 3.13. The molecule has 1 saturated carbocycles. The van der Waals surface area contributed by atoms with Gasteiger partial charge in [0.15, 0.2) is 0 Å². The van der Waals surface area contributed by atoms with Crippen LogP contribution in [0.5, 0.6) is 0 Å². The van der Waals surface area contributed by atoms with Crippen molar-refractivity contribution in [1.29, 1.82) is 0 Å². The molecule has 4 nitrogen and oxygen atoms in total. The molecule has 4 heteroatoms. The minimum atomic E-state index is 0.766. The summed E-state index contributed by atoms with van der Waals surface area (Å²) in [5, 5.41) is 3.46. The topological polar surface area (TPSA) is 27.7 Å². The molecule has 0 atom stereocenters. The van der Waals surface area contributed by atoms with Gasteiger partial charge in [-0.1, -0.05) is 18.2 Å². The maximum Gasteiger partial charge on any atom is 0.0587 e. The molecule has 2 fully saturated rings. The van der Waals surface area contributed by atoms with Gasteiger partial charge in [-0.2, -0.15) is 0 Å².